The Hall–Kier alpha value is -0.120. The molecular weight excluding hydrogens is 142 g/mol. The SMILES string of the molecule is CC(C)(C)[N+](C)(C)CC(O)O. The van der Waals surface area contributed by atoms with Gasteiger partial charge in [0.2, 0.25) is 6.29 Å². The molecule has 0 aromatic carbocycles. The number of aliphatic hydroxyl groups is 2. The van der Waals surface area contributed by atoms with Crippen LogP contribution in [0.5, 0.6) is 0 Å². The van der Waals surface area contributed by atoms with E-state index >= 15 is 0 Å². The molecule has 0 aromatic heterocycles. The molecule has 3 nitrogen and oxygen atoms in total. The van der Waals surface area contributed by atoms with E-state index in [1.807, 2.05) is 14.1 Å². The van der Waals surface area contributed by atoms with Gasteiger partial charge in [-0.1, -0.05) is 0 Å². The van der Waals surface area contributed by atoms with Gasteiger partial charge in [-0.15, -0.1) is 0 Å². The molecule has 0 atom stereocenters. The molecule has 0 bridgehead atoms. The fourth-order valence-electron chi connectivity index (χ4n) is 0.682. The van der Waals surface area contributed by atoms with Crippen molar-refractivity contribution < 1.29 is 14.7 Å². The molecule has 2 N–H and O–H groups in total. The smallest absolute Gasteiger partial charge is 0.202 e. The van der Waals surface area contributed by atoms with Gasteiger partial charge in [0, 0.05) is 0 Å². The third-order valence-corrected chi connectivity index (χ3v) is 2.44. The topological polar surface area (TPSA) is 40.5 Å². The number of likely N-dealkylation sites (N-methyl/N-ethyl adjacent to an activating group) is 1. The lowest BCUT2D eigenvalue weighted by atomic mass is 10.0. The lowest BCUT2D eigenvalue weighted by molar-refractivity contribution is -0.940. The molecule has 0 aromatic rings. The van der Waals surface area contributed by atoms with Crippen molar-refractivity contribution >= 4 is 0 Å². The van der Waals surface area contributed by atoms with Crippen LogP contribution in [0.2, 0.25) is 0 Å². The number of rotatable bonds is 2. The van der Waals surface area contributed by atoms with Gasteiger partial charge in [-0.3, -0.25) is 0 Å². The van der Waals surface area contributed by atoms with E-state index in [1.165, 1.54) is 0 Å². The van der Waals surface area contributed by atoms with Crippen molar-refractivity contribution in [2.45, 2.75) is 32.6 Å². The van der Waals surface area contributed by atoms with E-state index in [-0.39, 0.29) is 5.54 Å². The fourth-order valence-corrected chi connectivity index (χ4v) is 0.682. The highest BCUT2D eigenvalue weighted by atomic mass is 16.5. The molecule has 0 amide bonds. The maximum atomic E-state index is 8.79. The van der Waals surface area contributed by atoms with E-state index < -0.39 is 6.29 Å². The quantitative estimate of drug-likeness (QED) is 0.449. The average Bonchev–Trinajstić information content (AvgIpc) is 1.56. The first kappa shape index (κ1) is 10.9. The van der Waals surface area contributed by atoms with Crippen LogP contribution in [0.1, 0.15) is 20.8 Å². The van der Waals surface area contributed by atoms with Crippen molar-refractivity contribution in [3.05, 3.63) is 0 Å². The molecule has 0 heterocycles. The Morgan fingerprint density at radius 3 is 1.64 bits per heavy atom. The zero-order valence-corrected chi connectivity index (χ0v) is 8.13. The van der Waals surface area contributed by atoms with Crippen LogP contribution in [0, 0.1) is 0 Å². The largest absolute Gasteiger partial charge is 0.364 e. The highest BCUT2D eigenvalue weighted by molar-refractivity contribution is 4.60. The first-order valence-corrected chi connectivity index (χ1v) is 3.86. The van der Waals surface area contributed by atoms with Gasteiger partial charge in [-0.2, -0.15) is 0 Å². The maximum absolute atomic E-state index is 8.79. The van der Waals surface area contributed by atoms with Crippen LogP contribution in [-0.2, 0) is 0 Å². The second kappa shape index (κ2) is 3.09. The Morgan fingerprint density at radius 1 is 1.18 bits per heavy atom. The lowest BCUT2D eigenvalue weighted by Crippen LogP contribution is -2.57. The summed E-state index contributed by atoms with van der Waals surface area (Å²) in [7, 11) is 3.97. The van der Waals surface area contributed by atoms with Gasteiger partial charge in [0.15, 0.2) is 0 Å². The Labute approximate surface area is 68.9 Å². The molecule has 0 aliphatic heterocycles. The Balaban J connectivity index is 4.22. The van der Waals surface area contributed by atoms with Crippen molar-refractivity contribution in [1.29, 1.82) is 0 Å². The van der Waals surface area contributed by atoms with Crippen LogP contribution in [0.25, 0.3) is 0 Å². The van der Waals surface area contributed by atoms with E-state index in [0.717, 1.165) is 0 Å². The monoisotopic (exact) mass is 162 g/mol. The van der Waals surface area contributed by atoms with Crippen LogP contribution < -0.4 is 0 Å². The minimum Gasteiger partial charge on any atom is -0.364 e. The summed E-state index contributed by atoms with van der Waals surface area (Å²) in [5.41, 5.74) is 0.0453. The van der Waals surface area contributed by atoms with Gasteiger partial charge >= 0.3 is 0 Å². The van der Waals surface area contributed by atoms with Gasteiger partial charge in [0.25, 0.3) is 0 Å². The number of hydrogen-bond donors (Lipinski definition) is 2. The van der Waals surface area contributed by atoms with E-state index in [1.54, 1.807) is 0 Å². The number of aliphatic hydroxyl groups excluding tert-OH is 1. The summed E-state index contributed by atoms with van der Waals surface area (Å²) in [6.07, 6.45) is -1.22. The zero-order valence-electron chi connectivity index (χ0n) is 8.13. The van der Waals surface area contributed by atoms with Crippen molar-refractivity contribution in [3.8, 4) is 0 Å². The molecule has 0 unspecified atom stereocenters. The van der Waals surface area contributed by atoms with Crippen LogP contribution in [0.3, 0.4) is 0 Å². The highest BCUT2D eigenvalue weighted by Gasteiger charge is 2.32. The third-order valence-electron chi connectivity index (χ3n) is 2.44. The molecule has 0 rings (SSSR count). The molecule has 0 saturated heterocycles. The molecule has 0 saturated carbocycles. The summed E-state index contributed by atoms with van der Waals surface area (Å²) in [5, 5.41) is 17.6. The molecule has 0 spiro atoms. The molecule has 0 radical (unpaired) electrons. The summed E-state index contributed by atoms with van der Waals surface area (Å²) in [5.74, 6) is 0. The number of nitrogens with zero attached hydrogens (tertiary/aromatic N) is 1. The molecular formula is C8H20NO2+. The number of quaternary nitrogens is 1. The van der Waals surface area contributed by atoms with Gasteiger partial charge in [-0.05, 0) is 20.8 Å². The van der Waals surface area contributed by atoms with Gasteiger partial charge in [0.05, 0.1) is 19.6 Å². The van der Waals surface area contributed by atoms with E-state index in [2.05, 4.69) is 20.8 Å². The van der Waals surface area contributed by atoms with Gasteiger partial charge in [0.1, 0.15) is 6.54 Å². The van der Waals surface area contributed by atoms with Crippen molar-refractivity contribution in [3.63, 3.8) is 0 Å². The second-order valence-electron chi connectivity index (χ2n) is 4.52. The Kier molecular flexibility index (Phi) is 3.06. The summed E-state index contributed by atoms with van der Waals surface area (Å²) < 4.78 is 0.602. The number of hydrogen-bond acceptors (Lipinski definition) is 2. The minimum absolute atomic E-state index is 0.0453. The summed E-state index contributed by atoms with van der Waals surface area (Å²) in [6, 6.07) is 0. The summed E-state index contributed by atoms with van der Waals surface area (Å²) in [4.78, 5) is 0. The summed E-state index contributed by atoms with van der Waals surface area (Å²) >= 11 is 0. The van der Waals surface area contributed by atoms with Crippen LogP contribution in [0.15, 0.2) is 0 Å². The molecule has 3 heteroatoms. The Morgan fingerprint density at radius 2 is 1.55 bits per heavy atom. The van der Waals surface area contributed by atoms with Crippen molar-refractivity contribution in [2.24, 2.45) is 0 Å². The predicted molar refractivity (Wildman–Crippen MR) is 45.0 cm³/mol. The summed E-state index contributed by atoms with van der Waals surface area (Å²) in [6.45, 7) is 6.60. The van der Waals surface area contributed by atoms with Gasteiger partial charge < -0.3 is 14.7 Å². The zero-order chi connectivity index (χ0) is 9.28. The molecule has 68 valence electrons. The van der Waals surface area contributed by atoms with Crippen LogP contribution in [-0.4, -0.2) is 47.2 Å². The Bertz CT molecular complexity index is 125. The third kappa shape index (κ3) is 3.18. The normalized spacial score (nSPS) is 14.2. The fraction of sp³-hybridized carbons (Fsp3) is 1.00. The first-order valence-electron chi connectivity index (χ1n) is 3.86. The molecule has 0 fully saturated rings. The first-order chi connectivity index (χ1) is 4.67. The lowest BCUT2D eigenvalue weighted by Gasteiger charge is -2.42. The maximum Gasteiger partial charge on any atom is 0.202 e. The predicted octanol–water partition coefficient (Wildman–Crippen LogP) is 0.172. The van der Waals surface area contributed by atoms with Gasteiger partial charge in [-0.25, -0.2) is 0 Å². The standard InChI is InChI=1S/C8H20NO2/c1-8(2,3)9(4,5)6-7(10)11/h7,10-11H,6H2,1-5H3/q+1. The van der Waals surface area contributed by atoms with Crippen LogP contribution >= 0.6 is 0 Å². The highest BCUT2D eigenvalue weighted by Crippen LogP contribution is 2.18. The van der Waals surface area contributed by atoms with E-state index in [9.17, 15) is 0 Å². The van der Waals surface area contributed by atoms with Crippen LogP contribution in [0.4, 0.5) is 0 Å². The molecule has 0 aliphatic rings. The van der Waals surface area contributed by atoms with E-state index in [4.69, 9.17) is 10.2 Å². The molecule has 0 aliphatic carbocycles. The van der Waals surface area contributed by atoms with E-state index in [0.29, 0.717) is 11.0 Å². The van der Waals surface area contributed by atoms with Crippen molar-refractivity contribution in [1.82, 2.24) is 0 Å². The second-order valence-corrected chi connectivity index (χ2v) is 4.52. The minimum atomic E-state index is -1.22. The van der Waals surface area contributed by atoms with Crippen molar-refractivity contribution in [2.75, 3.05) is 20.6 Å². The average molecular weight is 162 g/mol. The molecule has 11 heavy (non-hydrogen) atoms.